The first-order chi connectivity index (χ1) is 11.4. The van der Waals surface area contributed by atoms with Crippen molar-refractivity contribution in [3.05, 3.63) is 52.3 Å². The Balaban J connectivity index is 1.84. The maximum Gasteiger partial charge on any atom is 0.335 e. The molecule has 0 fully saturated rings. The van der Waals surface area contributed by atoms with Gasteiger partial charge in [0.1, 0.15) is 0 Å². The van der Waals surface area contributed by atoms with Gasteiger partial charge in [-0.2, -0.15) is 5.10 Å². The first kappa shape index (κ1) is 16.2. The zero-order chi connectivity index (χ0) is 17.4. The predicted molar refractivity (Wildman–Crippen MR) is 89.1 cm³/mol. The summed E-state index contributed by atoms with van der Waals surface area (Å²) in [5.74, 6) is -0.763. The average Bonchev–Trinajstić information content (AvgIpc) is 2.95. The van der Waals surface area contributed by atoms with E-state index in [0.717, 1.165) is 23.2 Å². The van der Waals surface area contributed by atoms with Gasteiger partial charge < -0.3 is 10.0 Å². The number of aromatic nitrogens is 2. The molecule has 0 spiro atoms. The number of aromatic carboxylic acids is 1. The van der Waals surface area contributed by atoms with Crippen LogP contribution in [0, 0.1) is 0 Å². The minimum Gasteiger partial charge on any atom is -0.478 e. The van der Waals surface area contributed by atoms with E-state index in [-0.39, 0.29) is 11.5 Å². The summed E-state index contributed by atoms with van der Waals surface area (Å²) in [4.78, 5) is 25.6. The monoisotopic (exact) mass is 327 g/mol. The van der Waals surface area contributed by atoms with Crippen molar-refractivity contribution in [2.24, 2.45) is 7.05 Å². The molecule has 2 heterocycles. The molecule has 1 aliphatic heterocycles. The quantitative estimate of drug-likeness (QED) is 0.939. The number of nitrogens with zero attached hydrogens (tertiary/aromatic N) is 3. The first-order valence-electron chi connectivity index (χ1n) is 8.05. The summed E-state index contributed by atoms with van der Waals surface area (Å²) in [5, 5.41) is 13.5. The Labute approximate surface area is 140 Å². The smallest absolute Gasteiger partial charge is 0.335 e. The van der Waals surface area contributed by atoms with E-state index < -0.39 is 5.97 Å². The van der Waals surface area contributed by atoms with E-state index in [1.165, 1.54) is 0 Å². The lowest BCUT2D eigenvalue weighted by molar-refractivity contribution is 0.0696. The fourth-order valence-electron chi connectivity index (χ4n) is 3.15. The number of rotatable bonds is 3. The molecule has 1 amide bonds. The number of carboxylic acids is 1. The van der Waals surface area contributed by atoms with Gasteiger partial charge in [-0.15, -0.1) is 0 Å². The van der Waals surface area contributed by atoms with Crippen molar-refractivity contribution in [1.82, 2.24) is 14.7 Å². The van der Waals surface area contributed by atoms with Crippen LogP contribution in [0.1, 0.15) is 57.4 Å². The average molecular weight is 327 g/mol. The molecule has 0 unspecified atom stereocenters. The third-order valence-electron chi connectivity index (χ3n) is 4.48. The summed E-state index contributed by atoms with van der Waals surface area (Å²) in [6.07, 6.45) is 0.727. The van der Waals surface area contributed by atoms with E-state index in [1.54, 1.807) is 21.7 Å². The minimum absolute atomic E-state index is 0.108. The van der Waals surface area contributed by atoms with Gasteiger partial charge in [0.25, 0.3) is 5.91 Å². The van der Waals surface area contributed by atoms with Crippen molar-refractivity contribution < 1.29 is 14.7 Å². The van der Waals surface area contributed by atoms with Crippen molar-refractivity contribution in [3.63, 3.8) is 0 Å². The molecule has 1 N–H and O–H groups in total. The number of carbonyl (C=O) groups is 2. The number of benzene rings is 1. The Kier molecular flexibility index (Phi) is 4.13. The van der Waals surface area contributed by atoms with Crippen LogP contribution in [0.5, 0.6) is 0 Å². The molecule has 6 heteroatoms. The van der Waals surface area contributed by atoms with Crippen LogP contribution in [0.2, 0.25) is 0 Å². The van der Waals surface area contributed by atoms with Gasteiger partial charge in [-0.05, 0) is 41.7 Å². The highest BCUT2D eigenvalue weighted by Crippen LogP contribution is 2.23. The summed E-state index contributed by atoms with van der Waals surface area (Å²) in [7, 11) is 1.84. The van der Waals surface area contributed by atoms with Crippen LogP contribution in [0.3, 0.4) is 0 Å². The van der Waals surface area contributed by atoms with Crippen LogP contribution in [-0.4, -0.2) is 38.2 Å². The number of carboxylic acid groups (broad SMARTS) is 1. The second-order valence-corrected chi connectivity index (χ2v) is 6.50. The molecule has 0 atom stereocenters. The molecule has 0 bridgehead atoms. The Morgan fingerprint density at radius 2 is 1.96 bits per heavy atom. The highest BCUT2D eigenvalue weighted by molar-refractivity contribution is 5.93. The second kappa shape index (κ2) is 6.11. The van der Waals surface area contributed by atoms with Crippen LogP contribution in [0.15, 0.2) is 24.3 Å². The van der Waals surface area contributed by atoms with Gasteiger partial charge >= 0.3 is 5.97 Å². The molecular weight excluding hydrogens is 306 g/mol. The first-order valence-corrected chi connectivity index (χ1v) is 8.05. The van der Waals surface area contributed by atoms with E-state index >= 15 is 0 Å². The van der Waals surface area contributed by atoms with Crippen LogP contribution in [0.25, 0.3) is 0 Å². The zero-order valence-corrected chi connectivity index (χ0v) is 14.1. The zero-order valence-electron chi connectivity index (χ0n) is 14.1. The third kappa shape index (κ3) is 2.91. The maximum absolute atomic E-state index is 12.8. The Bertz CT molecular complexity index is 808. The summed E-state index contributed by atoms with van der Waals surface area (Å²) in [5.41, 5.74) is 3.72. The fraction of sp³-hybridized carbons (Fsp3) is 0.389. The van der Waals surface area contributed by atoms with E-state index in [4.69, 9.17) is 5.11 Å². The van der Waals surface area contributed by atoms with Crippen molar-refractivity contribution in [2.45, 2.75) is 32.7 Å². The minimum atomic E-state index is -0.951. The van der Waals surface area contributed by atoms with Crippen LogP contribution >= 0.6 is 0 Å². The van der Waals surface area contributed by atoms with E-state index in [2.05, 4.69) is 18.9 Å². The molecule has 6 nitrogen and oxygen atoms in total. The van der Waals surface area contributed by atoms with Gasteiger partial charge in [0.05, 0.1) is 5.56 Å². The molecular formula is C18H21N3O3. The van der Waals surface area contributed by atoms with Gasteiger partial charge in [0.15, 0.2) is 5.69 Å². The van der Waals surface area contributed by atoms with E-state index in [9.17, 15) is 9.59 Å². The molecule has 0 radical (unpaired) electrons. The normalized spacial score (nSPS) is 13.9. The van der Waals surface area contributed by atoms with Crippen molar-refractivity contribution in [1.29, 1.82) is 0 Å². The largest absolute Gasteiger partial charge is 0.478 e. The van der Waals surface area contributed by atoms with Crippen molar-refractivity contribution in [2.75, 3.05) is 6.54 Å². The fourth-order valence-corrected chi connectivity index (χ4v) is 3.15. The second-order valence-electron chi connectivity index (χ2n) is 6.50. The summed E-state index contributed by atoms with van der Waals surface area (Å²) in [6.45, 7) is 5.17. The number of carbonyl (C=O) groups excluding carboxylic acids is 1. The van der Waals surface area contributed by atoms with Crippen molar-refractivity contribution >= 4 is 11.9 Å². The Morgan fingerprint density at radius 3 is 2.58 bits per heavy atom. The van der Waals surface area contributed by atoms with Gasteiger partial charge in [-0.1, -0.05) is 19.9 Å². The highest BCUT2D eigenvalue weighted by Gasteiger charge is 2.25. The standard InChI is InChI=1S/C18H21N3O3/c1-11(2)16-9-15(19-20(16)3)17(22)21-7-6-12-4-5-13(18(23)24)8-14(12)10-21/h4-5,8-9,11H,6-7,10H2,1-3H3,(H,23,24). The topological polar surface area (TPSA) is 75.4 Å². The van der Waals surface area contributed by atoms with Crippen LogP contribution < -0.4 is 0 Å². The number of hydrogen-bond donors (Lipinski definition) is 1. The van der Waals surface area contributed by atoms with Crippen LogP contribution in [0.4, 0.5) is 0 Å². The van der Waals surface area contributed by atoms with Crippen molar-refractivity contribution in [3.8, 4) is 0 Å². The molecule has 3 rings (SSSR count). The summed E-state index contributed by atoms with van der Waals surface area (Å²) < 4.78 is 1.75. The van der Waals surface area contributed by atoms with Gasteiger partial charge in [-0.25, -0.2) is 4.79 Å². The lowest BCUT2D eigenvalue weighted by Gasteiger charge is -2.28. The SMILES string of the molecule is CC(C)c1cc(C(=O)N2CCc3ccc(C(=O)O)cc3C2)nn1C. The maximum atomic E-state index is 12.8. The lowest BCUT2D eigenvalue weighted by Crippen LogP contribution is -2.36. The summed E-state index contributed by atoms with van der Waals surface area (Å²) in [6, 6.07) is 6.97. The molecule has 1 aromatic heterocycles. The molecule has 0 aliphatic carbocycles. The molecule has 0 saturated heterocycles. The highest BCUT2D eigenvalue weighted by atomic mass is 16.4. The number of amides is 1. The van der Waals surface area contributed by atoms with E-state index in [0.29, 0.717) is 24.7 Å². The molecule has 1 aromatic carbocycles. The van der Waals surface area contributed by atoms with Gasteiger partial charge in [0.2, 0.25) is 0 Å². The predicted octanol–water partition coefficient (Wildman–Crippen LogP) is 2.44. The van der Waals surface area contributed by atoms with Gasteiger partial charge in [-0.3, -0.25) is 9.48 Å². The number of fused-ring (bicyclic) bond motifs is 1. The lowest BCUT2D eigenvalue weighted by atomic mass is 9.97. The molecule has 1 aliphatic rings. The number of hydrogen-bond acceptors (Lipinski definition) is 3. The molecule has 0 saturated carbocycles. The third-order valence-corrected chi connectivity index (χ3v) is 4.48. The molecule has 2 aromatic rings. The van der Waals surface area contributed by atoms with E-state index in [1.807, 2.05) is 19.2 Å². The molecule has 126 valence electrons. The van der Waals surface area contributed by atoms with Crippen LogP contribution in [-0.2, 0) is 20.0 Å². The van der Waals surface area contributed by atoms with Gasteiger partial charge in [0, 0.05) is 25.8 Å². The number of aryl methyl sites for hydroxylation is 1. The summed E-state index contributed by atoms with van der Waals surface area (Å²) >= 11 is 0. The Morgan fingerprint density at radius 1 is 1.21 bits per heavy atom. The Hall–Kier alpha value is -2.63. The molecule has 24 heavy (non-hydrogen) atoms.